The Morgan fingerprint density at radius 2 is 2.04 bits per heavy atom. The lowest BCUT2D eigenvalue weighted by molar-refractivity contribution is -0.121. The number of carbonyl (C=O) groups excluding carboxylic acids is 1. The highest BCUT2D eigenvalue weighted by molar-refractivity contribution is 5.85. The molecule has 0 saturated carbocycles. The Balaban J connectivity index is 0.00000131. The third-order valence-electron chi connectivity index (χ3n) is 5.62. The Labute approximate surface area is 173 Å². The zero-order valence-electron chi connectivity index (χ0n) is 15.6. The highest BCUT2D eigenvalue weighted by Gasteiger charge is 2.24. The van der Waals surface area contributed by atoms with E-state index in [1.165, 1.54) is 27.8 Å². The van der Waals surface area contributed by atoms with E-state index in [0.717, 1.165) is 38.0 Å². The Hall–Kier alpha value is -1.62. The molecule has 2 aromatic rings. The summed E-state index contributed by atoms with van der Waals surface area (Å²) in [6, 6.07) is 8.53. The van der Waals surface area contributed by atoms with Crippen LogP contribution in [0.2, 0.25) is 0 Å². The molecule has 2 N–H and O–H groups in total. The Bertz CT molecular complexity index is 810. The average Bonchev–Trinajstić information content (AvgIpc) is 3.04. The molecule has 1 aliphatic heterocycles. The van der Waals surface area contributed by atoms with Gasteiger partial charge in [0.1, 0.15) is 0 Å². The number of nitrogens with one attached hydrogen (secondary N) is 2. The van der Waals surface area contributed by atoms with E-state index >= 15 is 0 Å². The smallest absolute Gasteiger partial charge is 0.220 e. The van der Waals surface area contributed by atoms with Crippen LogP contribution in [0, 0.1) is 6.92 Å². The van der Waals surface area contributed by atoms with E-state index in [-0.39, 0.29) is 30.7 Å². The summed E-state index contributed by atoms with van der Waals surface area (Å²) in [6.45, 7) is 4.50. The molecule has 146 valence electrons. The van der Waals surface area contributed by atoms with E-state index in [9.17, 15) is 4.79 Å². The lowest BCUT2D eigenvalue weighted by Crippen LogP contribution is -2.29. The molecule has 2 heterocycles. The number of hydrogen-bond donors (Lipinski definition) is 2. The van der Waals surface area contributed by atoms with E-state index in [1.54, 1.807) is 0 Å². The molecule has 4 nitrogen and oxygen atoms in total. The molecule has 0 saturated heterocycles. The van der Waals surface area contributed by atoms with Gasteiger partial charge < -0.3 is 10.6 Å². The molecule has 1 atom stereocenters. The van der Waals surface area contributed by atoms with E-state index in [1.807, 2.05) is 13.1 Å². The SMILES string of the molecule is Cc1ncc2c(c1CNC(=O)CC1CCc3ccccc31)CCNC2.Cl.Cl. The minimum Gasteiger partial charge on any atom is -0.352 e. The normalized spacial score (nSPS) is 17.1. The van der Waals surface area contributed by atoms with Crippen molar-refractivity contribution in [2.75, 3.05) is 6.54 Å². The van der Waals surface area contributed by atoms with Gasteiger partial charge in [0.25, 0.3) is 0 Å². The first-order valence-corrected chi connectivity index (χ1v) is 9.24. The number of halogens is 2. The largest absolute Gasteiger partial charge is 0.352 e. The van der Waals surface area contributed by atoms with Gasteiger partial charge in [-0.25, -0.2) is 0 Å². The highest BCUT2D eigenvalue weighted by Crippen LogP contribution is 2.35. The molecule has 1 unspecified atom stereocenters. The lowest BCUT2D eigenvalue weighted by Gasteiger charge is -2.22. The summed E-state index contributed by atoms with van der Waals surface area (Å²) in [4.78, 5) is 17.0. The number of nitrogens with zero attached hydrogens (tertiary/aromatic N) is 1. The second kappa shape index (κ2) is 9.54. The predicted molar refractivity (Wildman–Crippen MR) is 113 cm³/mol. The number of aromatic nitrogens is 1. The molecule has 1 aromatic heterocycles. The van der Waals surface area contributed by atoms with Gasteiger partial charge in [0.2, 0.25) is 5.91 Å². The first-order chi connectivity index (χ1) is 12.2. The number of benzene rings is 1. The summed E-state index contributed by atoms with van der Waals surface area (Å²) >= 11 is 0. The van der Waals surface area contributed by atoms with Crippen molar-refractivity contribution in [2.45, 2.75) is 51.6 Å². The minimum atomic E-state index is 0. The van der Waals surface area contributed by atoms with E-state index < -0.39 is 0 Å². The van der Waals surface area contributed by atoms with Crippen molar-refractivity contribution in [2.24, 2.45) is 0 Å². The van der Waals surface area contributed by atoms with Crippen molar-refractivity contribution in [1.82, 2.24) is 15.6 Å². The molecule has 0 bridgehead atoms. The van der Waals surface area contributed by atoms with Gasteiger partial charge in [0.05, 0.1) is 0 Å². The van der Waals surface area contributed by atoms with Crippen LogP contribution in [-0.2, 0) is 30.7 Å². The number of fused-ring (bicyclic) bond motifs is 2. The van der Waals surface area contributed by atoms with Crippen LogP contribution in [0.4, 0.5) is 0 Å². The summed E-state index contributed by atoms with van der Waals surface area (Å²) in [6.07, 6.45) is 5.74. The molecule has 1 aromatic carbocycles. The van der Waals surface area contributed by atoms with E-state index in [2.05, 4.69) is 39.9 Å². The van der Waals surface area contributed by atoms with Crippen molar-refractivity contribution in [3.63, 3.8) is 0 Å². The van der Waals surface area contributed by atoms with Gasteiger partial charge in [-0.15, -0.1) is 24.8 Å². The number of carbonyl (C=O) groups is 1. The summed E-state index contributed by atoms with van der Waals surface area (Å²) in [5.74, 6) is 0.511. The Morgan fingerprint density at radius 3 is 2.89 bits per heavy atom. The number of rotatable bonds is 4. The van der Waals surface area contributed by atoms with Gasteiger partial charge in [-0.05, 0) is 66.5 Å². The molecule has 27 heavy (non-hydrogen) atoms. The van der Waals surface area contributed by atoms with Gasteiger partial charge in [-0.2, -0.15) is 0 Å². The van der Waals surface area contributed by atoms with Crippen LogP contribution >= 0.6 is 24.8 Å². The third-order valence-corrected chi connectivity index (χ3v) is 5.62. The van der Waals surface area contributed by atoms with Crippen LogP contribution in [-0.4, -0.2) is 17.4 Å². The number of amides is 1. The predicted octanol–water partition coefficient (Wildman–Crippen LogP) is 3.62. The highest BCUT2D eigenvalue weighted by atomic mass is 35.5. The second-order valence-corrected chi connectivity index (χ2v) is 7.17. The van der Waals surface area contributed by atoms with Gasteiger partial charge in [0, 0.05) is 31.4 Å². The summed E-state index contributed by atoms with van der Waals surface area (Å²) in [5, 5.41) is 6.53. The van der Waals surface area contributed by atoms with Crippen molar-refractivity contribution in [1.29, 1.82) is 0 Å². The maximum Gasteiger partial charge on any atom is 0.220 e. The third kappa shape index (κ3) is 4.63. The number of aryl methyl sites for hydroxylation is 2. The minimum absolute atomic E-state index is 0. The van der Waals surface area contributed by atoms with Crippen LogP contribution in [0.25, 0.3) is 0 Å². The van der Waals surface area contributed by atoms with Crippen molar-refractivity contribution < 1.29 is 4.79 Å². The zero-order chi connectivity index (χ0) is 17.2. The van der Waals surface area contributed by atoms with Crippen LogP contribution in [0.15, 0.2) is 30.5 Å². The summed E-state index contributed by atoms with van der Waals surface area (Å²) < 4.78 is 0. The molecule has 1 amide bonds. The quantitative estimate of drug-likeness (QED) is 0.813. The van der Waals surface area contributed by atoms with Gasteiger partial charge in [-0.3, -0.25) is 9.78 Å². The van der Waals surface area contributed by atoms with Crippen molar-refractivity contribution in [3.05, 3.63) is 64.0 Å². The van der Waals surface area contributed by atoms with Crippen LogP contribution in [0.1, 0.15) is 52.3 Å². The van der Waals surface area contributed by atoms with Crippen LogP contribution < -0.4 is 10.6 Å². The van der Waals surface area contributed by atoms with E-state index in [4.69, 9.17) is 0 Å². The van der Waals surface area contributed by atoms with Crippen molar-refractivity contribution >= 4 is 30.7 Å². The molecule has 0 radical (unpaired) electrons. The fourth-order valence-electron chi connectivity index (χ4n) is 4.22. The second-order valence-electron chi connectivity index (χ2n) is 7.17. The monoisotopic (exact) mass is 407 g/mol. The topological polar surface area (TPSA) is 54.0 Å². The molecule has 6 heteroatoms. The number of pyridine rings is 1. The fraction of sp³-hybridized carbons (Fsp3) is 0.429. The summed E-state index contributed by atoms with van der Waals surface area (Å²) in [5.41, 5.74) is 7.65. The molecule has 1 aliphatic carbocycles. The molecule has 2 aliphatic rings. The number of hydrogen-bond acceptors (Lipinski definition) is 3. The zero-order valence-corrected chi connectivity index (χ0v) is 17.2. The van der Waals surface area contributed by atoms with Crippen LogP contribution in [0.3, 0.4) is 0 Å². The van der Waals surface area contributed by atoms with Gasteiger partial charge in [0.15, 0.2) is 0 Å². The van der Waals surface area contributed by atoms with E-state index in [0.29, 0.717) is 18.9 Å². The van der Waals surface area contributed by atoms with Gasteiger partial charge in [-0.1, -0.05) is 24.3 Å². The molecule has 0 fully saturated rings. The van der Waals surface area contributed by atoms with Gasteiger partial charge >= 0.3 is 0 Å². The first kappa shape index (κ1) is 21.7. The van der Waals surface area contributed by atoms with Crippen molar-refractivity contribution in [3.8, 4) is 0 Å². The first-order valence-electron chi connectivity index (χ1n) is 9.24. The maximum absolute atomic E-state index is 12.5. The molecular weight excluding hydrogens is 381 g/mol. The maximum atomic E-state index is 12.5. The Kier molecular flexibility index (Phi) is 7.66. The summed E-state index contributed by atoms with van der Waals surface area (Å²) in [7, 11) is 0. The van der Waals surface area contributed by atoms with Crippen LogP contribution in [0.5, 0.6) is 0 Å². The fourth-order valence-corrected chi connectivity index (χ4v) is 4.22. The molecule has 4 rings (SSSR count). The standard InChI is InChI=1S/C21H25N3O.2ClH/c1-14-20(19-8-9-22-11-17(19)12-23-14)13-24-21(25)10-16-7-6-15-4-2-3-5-18(15)16;;/h2-5,12,16,22H,6-11,13H2,1H3,(H,24,25);2*1H. The molecule has 0 spiro atoms. The Morgan fingerprint density at radius 1 is 1.22 bits per heavy atom. The molecular formula is C21H27Cl2N3O. The average molecular weight is 408 g/mol. The lowest BCUT2D eigenvalue weighted by atomic mass is 9.95.